The Morgan fingerprint density at radius 2 is 1.64 bits per heavy atom. The second-order valence-corrected chi connectivity index (χ2v) is 19.6. The Labute approximate surface area is 394 Å². The van der Waals surface area contributed by atoms with E-state index in [-0.39, 0.29) is 50.6 Å². The number of nitrogens with one attached hydrogen (secondary N) is 2. The number of aliphatic hydroxyl groups excluding tert-OH is 1. The van der Waals surface area contributed by atoms with E-state index in [0.717, 1.165) is 55.2 Å². The largest absolute Gasteiger partial charge is 0.508 e. The van der Waals surface area contributed by atoms with Crippen molar-refractivity contribution in [3.8, 4) is 5.75 Å². The molecule has 3 heterocycles. The van der Waals surface area contributed by atoms with Gasteiger partial charge in [-0.1, -0.05) is 106 Å². The van der Waals surface area contributed by atoms with Crippen molar-refractivity contribution in [1.29, 1.82) is 0 Å². The zero-order valence-corrected chi connectivity index (χ0v) is 39.7. The van der Waals surface area contributed by atoms with Gasteiger partial charge in [-0.25, -0.2) is 0 Å². The van der Waals surface area contributed by atoms with Gasteiger partial charge in [0.25, 0.3) is 5.91 Å². The Kier molecular flexibility index (Phi) is 16.3. The van der Waals surface area contributed by atoms with Crippen LogP contribution in [0.4, 0.5) is 0 Å². The molecule has 7 rings (SSSR count). The average molecular weight is 924 g/mol. The molecule has 2 bridgehead atoms. The van der Waals surface area contributed by atoms with Crippen molar-refractivity contribution in [2.45, 2.75) is 173 Å². The number of carbonyl (C=O) groups excluding carboxylic acids is 4. The van der Waals surface area contributed by atoms with Crippen LogP contribution < -0.4 is 10.6 Å². The monoisotopic (exact) mass is 923 g/mol. The van der Waals surface area contributed by atoms with Crippen molar-refractivity contribution in [3.05, 3.63) is 107 Å². The molecule has 362 valence electrons. The van der Waals surface area contributed by atoms with Gasteiger partial charge in [0.15, 0.2) is 11.8 Å². The second kappa shape index (κ2) is 21.9. The van der Waals surface area contributed by atoms with Crippen LogP contribution in [-0.4, -0.2) is 93.5 Å². The first kappa shape index (κ1) is 49.8. The predicted octanol–water partition coefficient (Wildman–Crippen LogP) is 7.62. The number of unbranched alkanes of at least 4 members (excludes halogenated alkanes) is 4. The fourth-order valence-electron chi connectivity index (χ4n) is 10.0. The smallest absolute Gasteiger partial charge is 0.327 e. The number of benzene rings is 3. The van der Waals surface area contributed by atoms with Crippen molar-refractivity contribution in [2.75, 3.05) is 6.61 Å². The fraction of sp³-hybridized carbons (Fsp3) is 0.547. The predicted molar refractivity (Wildman–Crippen MR) is 251 cm³/mol. The molecule has 4 aliphatic rings. The summed E-state index contributed by atoms with van der Waals surface area (Å²) >= 11 is 0. The van der Waals surface area contributed by atoms with Crippen LogP contribution in [0.3, 0.4) is 0 Å². The molecule has 3 aromatic carbocycles. The molecular weight excluding hydrogens is 855 g/mol. The third kappa shape index (κ3) is 11.8. The van der Waals surface area contributed by atoms with Crippen LogP contribution in [0.15, 0.2) is 78.9 Å². The number of amides is 2. The third-order valence-electron chi connectivity index (χ3n) is 13.2. The number of hydroxylamine groups is 2. The molecule has 67 heavy (non-hydrogen) atoms. The lowest BCUT2D eigenvalue weighted by Gasteiger charge is -2.48. The maximum atomic E-state index is 15.1. The highest BCUT2D eigenvalue weighted by molar-refractivity contribution is 5.95. The van der Waals surface area contributed by atoms with Crippen molar-refractivity contribution in [1.82, 2.24) is 15.7 Å². The van der Waals surface area contributed by atoms with Gasteiger partial charge in [-0.05, 0) is 86.9 Å². The number of carbonyl (C=O) groups is 4. The zero-order valence-electron chi connectivity index (χ0n) is 39.7. The minimum absolute atomic E-state index is 0.0251. The Bertz CT molecular complexity index is 2230. The molecule has 14 nitrogen and oxygen atoms in total. The number of aromatic hydroxyl groups is 1. The lowest BCUT2D eigenvalue weighted by molar-refractivity contribution is -0.224. The molecule has 0 unspecified atom stereocenters. The van der Waals surface area contributed by atoms with E-state index in [1.54, 1.807) is 62.2 Å². The summed E-state index contributed by atoms with van der Waals surface area (Å²) < 4.78 is 25.6. The summed E-state index contributed by atoms with van der Waals surface area (Å²) in [7, 11) is 0. The van der Waals surface area contributed by atoms with Crippen LogP contribution in [0.25, 0.3) is 6.08 Å². The number of nitrogens with zero attached hydrogens (tertiary/aromatic N) is 1. The highest BCUT2D eigenvalue weighted by Crippen LogP contribution is 2.58. The van der Waals surface area contributed by atoms with E-state index in [2.05, 4.69) is 24.5 Å². The number of allylic oxidation sites excluding steroid dienone is 1. The van der Waals surface area contributed by atoms with E-state index < -0.39 is 71.1 Å². The van der Waals surface area contributed by atoms with E-state index in [9.17, 15) is 24.6 Å². The van der Waals surface area contributed by atoms with Gasteiger partial charge in [0.05, 0.1) is 19.2 Å². The van der Waals surface area contributed by atoms with E-state index in [1.807, 2.05) is 48.6 Å². The Morgan fingerprint density at radius 3 is 2.36 bits per heavy atom. The van der Waals surface area contributed by atoms with Crippen LogP contribution >= 0.6 is 0 Å². The summed E-state index contributed by atoms with van der Waals surface area (Å²) in [5.74, 6) is -2.48. The number of aliphatic hydroxyl groups is 1. The second-order valence-electron chi connectivity index (χ2n) is 19.6. The Hall–Kier alpha value is -5.12. The summed E-state index contributed by atoms with van der Waals surface area (Å²) in [5.41, 5.74) is 1.49. The molecule has 7 atom stereocenters. The first-order chi connectivity index (χ1) is 32.2. The molecule has 14 heteroatoms. The van der Waals surface area contributed by atoms with E-state index >= 15 is 4.79 Å². The van der Waals surface area contributed by atoms with Crippen molar-refractivity contribution >= 4 is 29.8 Å². The lowest BCUT2D eigenvalue weighted by atomic mass is 9.62. The molecular formula is C53H69N3O11. The van der Waals surface area contributed by atoms with Crippen LogP contribution in [-0.2, 0) is 57.7 Å². The maximum absolute atomic E-state index is 15.1. The van der Waals surface area contributed by atoms with Gasteiger partial charge in [-0.2, -0.15) is 5.06 Å². The SMILES string of the molecule is CCCCCC1(CCCCC)O[C@@H]2[C@H](O1)[C@H]1ON(Cc3cccc(C=CCc4ccccc4O)c3)[C@H]3C(=O)O[C@@H]2C[C@@]13C(=O)NCc1cccc(C(=O)N[C@H](CO)CCC(=O)OC(C)(C)C)c1. The van der Waals surface area contributed by atoms with Crippen LogP contribution in [0.2, 0.25) is 0 Å². The number of hydrogen-bond acceptors (Lipinski definition) is 12. The fourth-order valence-corrected chi connectivity index (χ4v) is 10.0. The van der Waals surface area contributed by atoms with Crippen molar-refractivity contribution < 1.29 is 53.2 Å². The first-order valence-corrected chi connectivity index (χ1v) is 24.2. The number of phenolic OH excluding ortho intramolecular Hbond substituents is 1. The molecule has 4 fully saturated rings. The topological polar surface area (TPSA) is 182 Å². The summed E-state index contributed by atoms with van der Waals surface area (Å²) in [4.78, 5) is 62.1. The van der Waals surface area contributed by atoms with Gasteiger partial charge in [0.1, 0.15) is 41.2 Å². The van der Waals surface area contributed by atoms with Gasteiger partial charge < -0.3 is 39.8 Å². The molecule has 3 aromatic rings. The molecule has 0 radical (unpaired) electrons. The maximum Gasteiger partial charge on any atom is 0.327 e. The molecule has 0 spiro atoms. The molecule has 3 saturated heterocycles. The minimum Gasteiger partial charge on any atom is -0.508 e. The van der Waals surface area contributed by atoms with E-state index in [0.29, 0.717) is 30.4 Å². The Balaban J connectivity index is 1.12. The summed E-state index contributed by atoms with van der Waals surface area (Å²) in [6.45, 7) is 9.50. The number of fused-ring (bicyclic) bond motifs is 4. The quantitative estimate of drug-likeness (QED) is 0.0573. The number of esters is 2. The number of rotatable bonds is 22. The first-order valence-electron chi connectivity index (χ1n) is 24.2. The Morgan fingerprint density at radius 1 is 0.925 bits per heavy atom. The third-order valence-corrected chi connectivity index (χ3v) is 13.2. The van der Waals surface area contributed by atoms with Crippen molar-refractivity contribution in [3.63, 3.8) is 0 Å². The zero-order chi connectivity index (χ0) is 47.8. The summed E-state index contributed by atoms with van der Waals surface area (Å²) in [6, 6.07) is 20.1. The average Bonchev–Trinajstić information content (AvgIpc) is 3.85. The van der Waals surface area contributed by atoms with Gasteiger partial charge >= 0.3 is 11.9 Å². The van der Waals surface area contributed by atoms with Crippen molar-refractivity contribution in [2.24, 2.45) is 5.41 Å². The normalized spacial score (nSPS) is 24.5. The number of phenols is 1. The van der Waals surface area contributed by atoms with E-state index in [4.69, 9.17) is 23.8 Å². The molecule has 1 saturated carbocycles. The lowest BCUT2D eigenvalue weighted by Crippen LogP contribution is -2.69. The molecule has 2 amide bonds. The molecule has 4 N–H and O–H groups in total. The number of ether oxygens (including phenoxy) is 4. The molecule has 0 aromatic heterocycles. The number of hydrogen-bond donors (Lipinski definition) is 4. The molecule has 3 aliphatic heterocycles. The van der Waals surface area contributed by atoms with Gasteiger partial charge in [0, 0.05) is 37.8 Å². The number of para-hydroxylation sites is 1. The summed E-state index contributed by atoms with van der Waals surface area (Å²) in [6.07, 6.45) is 9.21. The van der Waals surface area contributed by atoms with E-state index in [1.165, 1.54) is 0 Å². The van der Waals surface area contributed by atoms with Crippen LogP contribution in [0.5, 0.6) is 5.75 Å². The standard InChI is InChI=1S/C53H69N3O11/c1-6-8-12-27-52(28-13-9-7-2)65-44-42-31-53(50(62)54-32-36-19-16-23-39(30-36)48(60)55-40(34-57)25-26-43(59)64-51(3,4)5)46(49(61)63-42)56(67-47(53)45(44)66-52)33-37-20-14-17-35(29-37)18-15-22-38-21-10-11-24-41(38)58/h10-11,14-21,23-24,29-30,40,42,44-47,57-58H,6-9,12-13,22,25-28,31-34H2,1-5H3,(H,54,62)(H,55,60)/t40-,42+,44-,45-,46-,47+,53-/m0/s1. The van der Waals surface area contributed by atoms with Gasteiger partial charge in [-0.15, -0.1) is 0 Å². The van der Waals surface area contributed by atoms with Gasteiger partial charge in [0.2, 0.25) is 5.91 Å². The van der Waals surface area contributed by atoms with Gasteiger partial charge in [-0.3, -0.25) is 24.0 Å². The van der Waals surface area contributed by atoms with Crippen LogP contribution in [0, 0.1) is 5.41 Å². The minimum atomic E-state index is -1.40. The highest BCUT2D eigenvalue weighted by atomic mass is 16.8. The van der Waals surface area contributed by atoms with Crippen LogP contribution in [0.1, 0.15) is 138 Å². The summed E-state index contributed by atoms with van der Waals surface area (Å²) in [5, 5.41) is 27.8. The highest BCUT2D eigenvalue weighted by Gasteiger charge is 2.76. The molecule has 1 aliphatic carbocycles.